The first-order valence-corrected chi connectivity index (χ1v) is 4.80. The molecule has 0 bridgehead atoms. The van der Waals surface area contributed by atoms with Gasteiger partial charge in [-0.25, -0.2) is 4.79 Å². The zero-order valence-electron chi connectivity index (χ0n) is 8.40. The van der Waals surface area contributed by atoms with Gasteiger partial charge in [-0.05, 0) is 19.8 Å². The molecule has 5 nitrogen and oxygen atoms in total. The Hall–Kier alpha value is -0.810. The summed E-state index contributed by atoms with van der Waals surface area (Å²) in [6.45, 7) is 3.27. The van der Waals surface area contributed by atoms with Crippen molar-refractivity contribution in [2.45, 2.75) is 25.4 Å². The van der Waals surface area contributed by atoms with Gasteiger partial charge in [0.05, 0.1) is 18.8 Å². The lowest BCUT2D eigenvalue weighted by Crippen LogP contribution is -2.51. The molecule has 0 aliphatic carbocycles. The van der Waals surface area contributed by atoms with E-state index in [1.54, 1.807) is 0 Å². The van der Waals surface area contributed by atoms with E-state index in [-0.39, 0.29) is 6.61 Å². The second-order valence-electron chi connectivity index (χ2n) is 3.83. The molecule has 82 valence electrons. The molecule has 0 saturated carbocycles. The highest BCUT2D eigenvalue weighted by atomic mass is 16.5. The number of aliphatic hydroxyl groups is 1. The van der Waals surface area contributed by atoms with Crippen LogP contribution in [0.4, 0.5) is 4.79 Å². The Morgan fingerprint density at radius 3 is 2.93 bits per heavy atom. The van der Waals surface area contributed by atoms with Crippen LogP contribution in [-0.2, 0) is 4.74 Å². The summed E-state index contributed by atoms with van der Waals surface area (Å²) in [6, 6.07) is 0. The average molecular weight is 203 g/mol. The van der Waals surface area contributed by atoms with Gasteiger partial charge in [-0.3, -0.25) is 0 Å². The Balaban J connectivity index is 2.48. The van der Waals surface area contributed by atoms with Crippen molar-refractivity contribution in [3.05, 3.63) is 0 Å². The van der Waals surface area contributed by atoms with Gasteiger partial charge in [0.25, 0.3) is 0 Å². The number of hydrogen-bond acceptors (Lipinski definition) is 3. The molecule has 1 saturated heterocycles. The van der Waals surface area contributed by atoms with Crippen molar-refractivity contribution in [1.82, 2.24) is 4.90 Å². The second kappa shape index (κ2) is 4.61. The Morgan fingerprint density at radius 2 is 2.36 bits per heavy atom. The molecule has 1 aliphatic rings. The van der Waals surface area contributed by atoms with E-state index in [9.17, 15) is 4.79 Å². The van der Waals surface area contributed by atoms with Gasteiger partial charge in [0, 0.05) is 13.2 Å². The standard InChI is InChI=1S/C9H17NO4/c1-9(3-2-5-11)7-10(8(12)13)4-6-14-9/h11H,2-7H2,1H3,(H,12,13). The molecular weight excluding hydrogens is 186 g/mol. The molecule has 0 aromatic rings. The van der Waals surface area contributed by atoms with Crippen molar-refractivity contribution in [3.63, 3.8) is 0 Å². The quantitative estimate of drug-likeness (QED) is 0.702. The molecule has 1 rings (SSSR count). The van der Waals surface area contributed by atoms with Gasteiger partial charge in [0.2, 0.25) is 0 Å². The molecule has 0 aromatic carbocycles. The molecule has 5 heteroatoms. The minimum absolute atomic E-state index is 0.117. The zero-order chi connectivity index (χ0) is 10.6. The largest absolute Gasteiger partial charge is 0.465 e. The van der Waals surface area contributed by atoms with Crippen LogP contribution < -0.4 is 0 Å². The highest BCUT2D eigenvalue weighted by molar-refractivity contribution is 5.65. The highest BCUT2D eigenvalue weighted by Gasteiger charge is 2.33. The summed E-state index contributed by atoms with van der Waals surface area (Å²) in [4.78, 5) is 12.1. The Kier molecular flexibility index (Phi) is 3.71. The fourth-order valence-corrected chi connectivity index (χ4v) is 1.70. The van der Waals surface area contributed by atoms with E-state index < -0.39 is 11.7 Å². The smallest absolute Gasteiger partial charge is 0.407 e. The zero-order valence-corrected chi connectivity index (χ0v) is 8.40. The molecule has 14 heavy (non-hydrogen) atoms. The van der Waals surface area contributed by atoms with Crippen LogP contribution in [0.25, 0.3) is 0 Å². The van der Waals surface area contributed by atoms with E-state index in [0.29, 0.717) is 32.5 Å². The lowest BCUT2D eigenvalue weighted by atomic mass is 9.98. The topological polar surface area (TPSA) is 70.0 Å². The first-order chi connectivity index (χ1) is 6.57. The van der Waals surface area contributed by atoms with Gasteiger partial charge in [0.15, 0.2) is 0 Å². The fourth-order valence-electron chi connectivity index (χ4n) is 1.70. The SMILES string of the molecule is CC1(CCCO)CN(C(=O)O)CCO1. The molecule has 2 N–H and O–H groups in total. The minimum Gasteiger partial charge on any atom is -0.465 e. The predicted molar refractivity (Wildman–Crippen MR) is 50.3 cm³/mol. The van der Waals surface area contributed by atoms with Gasteiger partial charge in [0.1, 0.15) is 0 Å². The molecule has 1 fully saturated rings. The maximum absolute atomic E-state index is 10.7. The number of carbonyl (C=O) groups is 1. The van der Waals surface area contributed by atoms with E-state index in [2.05, 4.69) is 0 Å². The molecule has 0 spiro atoms. The number of aliphatic hydroxyl groups excluding tert-OH is 1. The minimum atomic E-state index is -0.900. The van der Waals surface area contributed by atoms with E-state index in [1.807, 2.05) is 6.92 Å². The van der Waals surface area contributed by atoms with Crippen molar-refractivity contribution in [2.24, 2.45) is 0 Å². The van der Waals surface area contributed by atoms with Crippen LogP contribution in [0.15, 0.2) is 0 Å². The van der Waals surface area contributed by atoms with Crippen molar-refractivity contribution < 1.29 is 19.7 Å². The third-order valence-electron chi connectivity index (χ3n) is 2.47. The summed E-state index contributed by atoms with van der Waals surface area (Å²) in [5.74, 6) is 0. The molecule has 1 atom stereocenters. The summed E-state index contributed by atoms with van der Waals surface area (Å²) >= 11 is 0. The third-order valence-corrected chi connectivity index (χ3v) is 2.47. The van der Waals surface area contributed by atoms with Gasteiger partial charge >= 0.3 is 6.09 Å². The maximum atomic E-state index is 10.7. The van der Waals surface area contributed by atoms with E-state index in [4.69, 9.17) is 14.9 Å². The summed E-state index contributed by atoms with van der Waals surface area (Å²) in [7, 11) is 0. The number of rotatable bonds is 3. The van der Waals surface area contributed by atoms with E-state index >= 15 is 0 Å². The van der Waals surface area contributed by atoms with Crippen LogP contribution in [0.5, 0.6) is 0 Å². The van der Waals surface area contributed by atoms with Crippen LogP contribution in [0.2, 0.25) is 0 Å². The molecule has 1 heterocycles. The van der Waals surface area contributed by atoms with Gasteiger partial charge in [-0.15, -0.1) is 0 Å². The number of ether oxygens (including phenoxy) is 1. The Bertz CT molecular complexity index is 209. The normalized spacial score (nSPS) is 27.7. The van der Waals surface area contributed by atoms with E-state index in [0.717, 1.165) is 0 Å². The van der Waals surface area contributed by atoms with Crippen molar-refractivity contribution >= 4 is 6.09 Å². The van der Waals surface area contributed by atoms with Gasteiger partial charge in [-0.2, -0.15) is 0 Å². The van der Waals surface area contributed by atoms with Crippen LogP contribution in [0.3, 0.4) is 0 Å². The summed E-state index contributed by atoms with van der Waals surface area (Å²) in [5, 5.41) is 17.5. The highest BCUT2D eigenvalue weighted by Crippen LogP contribution is 2.22. The number of nitrogens with zero attached hydrogens (tertiary/aromatic N) is 1. The summed E-state index contributed by atoms with van der Waals surface area (Å²) in [6.07, 6.45) is 0.431. The molecule has 0 radical (unpaired) electrons. The molecule has 0 aromatic heterocycles. The number of morpholine rings is 1. The Morgan fingerprint density at radius 1 is 1.64 bits per heavy atom. The lowest BCUT2D eigenvalue weighted by molar-refractivity contribution is -0.0963. The molecule has 1 unspecified atom stereocenters. The average Bonchev–Trinajstić information content (AvgIpc) is 2.15. The number of hydrogen-bond donors (Lipinski definition) is 2. The fraction of sp³-hybridized carbons (Fsp3) is 0.889. The van der Waals surface area contributed by atoms with Crippen LogP contribution in [0.1, 0.15) is 19.8 Å². The predicted octanol–water partition coefficient (Wildman–Crippen LogP) is 0.528. The Labute approximate surface area is 83.3 Å². The van der Waals surface area contributed by atoms with Crippen molar-refractivity contribution in [1.29, 1.82) is 0 Å². The van der Waals surface area contributed by atoms with E-state index in [1.165, 1.54) is 4.90 Å². The van der Waals surface area contributed by atoms with Crippen LogP contribution >= 0.6 is 0 Å². The second-order valence-corrected chi connectivity index (χ2v) is 3.83. The lowest BCUT2D eigenvalue weighted by Gasteiger charge is -2.39. The number of amides is 1. The maximum Gasteiger partial charge on any atom is 0.407 e. The van der Waals surface area contributed by atoms with Crippen LogP contribution in [-0.4, -0.2) is 53.1 Å². The first kappa shape index (κ1) is 11.3. The van der Waals surface area contributed by atoms with Crippen LogP contribution in [0, 0.1) is 0 Å². The summed E-state index contributed by atoms with van der Waals surface area (Å²) < 4.78 is 5.53. The number of carboxylic acid groups (broad SMARTS) is 1. The van der Waals surface area contributed by atoms with Crippen molar-refractivity contribution in [2.75, 3.05) is 26.3 Å². The van der Waals surface area contributed by atoms with Crippen molar-refractivity contribution in [3.8, 4) is 0 Å². The molecule has 1 amide bonds. The van der Waals surface area contributed by atoms with Gasteiger partial charge in [-0.1, -0.05) is 0 Å². The first-order valence-electron chi connectivity index (χ1n) is 4.80. The molecule has 1 aliphatic heterocycles. The monoisotopic (exact) mass is 203 g/mol. The molecular formula is C9H17NO4. The summed E-state index contributed by atoms with van der Waals surface area (Å²) in [5.41, 5.74) is -0.431. The third kappa shape index (κ3) is 2.85. The van der Waals surface area contributed by atoms with Gasteiger partial charge < -0.3 is 19.8 Å².